The summed E-state index contributed by atoms with van der Waals surface area (Å²) in [4.78, 5) is 26.4. The zero-order valence-electron chi connectivity index (χ0n) is 21.7. The number of hydrogen-bond donors (Lipinski definition) is 2. The average molecular weight is 529 g/mol. The molecule has 5 rings (SSSR count). The van der Waals surface area contributed by atoms with Crippen LogP contribution in [0, 0.1) is 12.7 Å². The van der Waals surface area contributed by atoms with Crippen LogP contribution in [0.4, 0.5) is 14.9 Å². The van der Waals surface area contributed by atoms with Crippen molar-refractivity contribution in [1.29, 1.82) is 0 Å². The number of aromatic nitrogens is 3. The van der Waals surface area contributed by atoms with E-state index in [-0.39, 0.29) is 19.0 Å². The summed E-state index contributed by atoms with van der Waals surface area (Å²) in [6, 6.07) is 22.1. The van der Waals surface area contributed by atoms with Gasteiger partial charge >= 0.3 is 6.09 Å². The van der Waals surface area contributed by atoms with Gasteiger partial charge in [0.25, 0.3) is 0 Å². The number of halogens is 1. The maximum absolute atomic E-state index is 15.1. The van der Waals surface area contributed by atoms with E-state index in [4.69, 9.17) is 4.74 Å². The van der Waals surface area contributed by atoms with E-state index in [2.05, 4.69) is 20.8 Å². The minimum Gasteiger partial charge on any atom is -0.442 e. The molecular weight excluding hydrogens is 499 g/mol. The Morgan fingerprint density at radius 1 is 1.03 bits per heavy atom. The maximum atomic E-state index is 15.1. The Labute approximate surface area is 225 Å². The third-order valence-corrected chi connectivity index (χ3v) is 6.47. The molecule has 0 bridgehead atoms. The first-order valence-corrected chi connectivity index (χ1v) is 12.7. The lowest BCUT2D eigenvalue weighted by atomic mass is 10.0. The van der Waals surface area contributed by atoms with E-state index in [0.717, 1.165) is 28.2 Å². The number of hydrogen-bond acceptors (Lipinski definition) is 6. The van der Waals surface area contributed by atoms with Crippen LogP contribution in [0.1, 0.15) is 23.9 Å². The number of nitrogens with one attached hydrogen (secondary N) is 2. The molecule has 0 aliphatic carbocycles. The Bertz CT molecular complexity index is 1470. The summed E-state index contributed by atoms with van der Waals surface area (Å²) < 4.78 is 20.3. The topological polar surface area (TPSA) is 101 Å². The van der Waals surface area contributed by atoms with Crippen LogP contribution >= 0.6 is 0 Å². The Morgan fingerprint density at radius 2 is 1.79 bits per heavy atom. The smallest absolute Gasteiger partial charge is 0.414 e. The van der Waals surface area contributed by atoms with E-state index in [1.54, 1.807) is 16.9 Å². The van der Waals surface area contributed by atoms with Crippen LogP contribution < -0.4 is 15.5 Å². The van der Waals surface area contributed by atoms with Crippen molar-refractivity contribution in [3.63, 3.8) is 0 Å². The molecule has 39 heavy (non-hydrogen) atoms. The quantitative estimate of drug-likeness (QED) is 0.339. The van der Waals surface area contributed by atoms with Gasteiger partial charge in [-0.3, -0.25) is 9.69 Å². The first kappa shape index (κ1) is 26.1. The van der Waals surface area contributed by atoms with Crippen molar-refractivity contribution in [1.82, 2.24) is 25.6 Å². The van der Waals surface area contributed by atoms with Gasteiger partial charge in [0.05, 0.1) is 35.9 Å². The van der Waals surface area contributed by atoms with Crippen molar-refractivity contribution in [3.05, 3.63) is 95.6 Å². The molecule has 4 aromatic rings. The number of ether oxygens (including phenoxy) is 1. The first-order chi connectivity index (χ1) is 18.9. The molecule has 10 heteroatoms. The fourth-order valence-corrected chi connectivity index (χ4v) is 4.38. The molecule has 3 aromatic carbocycles. The van der Waals surface area contributed by atoms with Crippen LogP contribution in [-0.4, -0.2) is 46.2 Å². The van der Waals surface area contributed by atoms with Crippen LogP contribution in [0.15, 0.2) is 72.8 Å². The highest BCUT2D eigenvalue weighted by molar-refractivity contribution is 5.90. The van der Waals surface area contributed by atoms with Crippen LogP contribution in [0.2, 0.25) is 0 Å². The Hall–Kier alpha value is -4.57. The fourth-order valence-electron chi connectivity index (χ4n) is 4.38. The van der Waals surface area contributed by atoms with Gasteiger partial charge in [-0.2, -0.15) is 15.0 Å². The molecule has 1 unspecified atom stereocenters. The summed E-state index contributed by atoms with van der Waals surface area (Å²) >= 11 is 0. The highest BCUT2D eigenvalue weighted by Gasteiger charge is 2.32. The van der Waals surface area contributed by atoms with Gasteiger partial charge in [0, 0.05) is 25.6 Å². The zero-order valence-corrected chi connectivity index (χ0v) is 21.7. The predicted molar refractivity (Wildman–Crippen MR) is 145 cm³/mol. The predicted octanol–water partition coefficient (Wildman–Crippen LogP) is 4.13. The molecule has 1 fully saturated rings. The Kier molecular flexibility index (Phi) is 7.64. The molecule has 2 amide bonds. The minimum absolute atomic E-state index is 0.204. The van der Waals surface area contributed by atoms with Crippen molar-refractivity contribution in [2.75, 3.05) is 18.0 Å². The largest absolute Gasteiger partial charge is 0.442 e. The van der Waals surface area contributed by atoms with Gasteiger partial charge in [-0.25, -0.2) is 9.18 Å². The van der Waals surface area contributed by atoms with Crippen LogP contribution in [0.25, 0.3) is 16.8 Å². The summed E-state index contributed by atoms with van der Waals surface area (Å²) in [5.74, 6) is -0.641. The number of nitrogens with zero attached hydrogens (tertiary/aromatic N) is 4. The number of carbonyl (C=O) groups is 2. The van der Waals surface area contributed by atoms with E-state index in [1.165, 1.54) is 17.9 Å². The zero-order chi connectivity index (χ0) is 27.4. The fraction of sp³-hybridized carbons (Fsp3) is 0.241. The molecule has 9 nitrogen and oxygen atoms in total. The summed E-state index contributed by atoms with van der Waals surface area (Å²) in [7, 11) is 0. The van der Waals surface area contributed by atoms with E-state index < -0.39 is 18.0 Å². The normalized spacial score (nSPS) is 14.9. The monoisotopic (exact) mass is 528 g/mol. The second kappa shape index (κ2) is 11.4. The number of anilines is 1. The maximum Gasteiger partial charge on any atom is 0.414 e. The summed E-state index contributed by atoms with van der Waals surface area (Å²) in [5.41, 5.74) is 5.28. The molecular formula is C29H29FN6O3. The number of amides is 2. The molecule has 0 saturated carbocycles. The van der Waals surface area contributed by atoms with Gasteiger partial charge in [0.2, 0.25) is 5.91 Å². The van der Waals surface area contributed by atoms with E-state index in [9.17, 15) is 9.59 Å². The van der Waals surface area contributed by atoms with Gasteiger partial charge in [-0.15, -0.1) is 0 Å². The number of rotatable bonds is 9. The Morgan fingerprint density at radius 3 is 2.51 bits per heavy atom. The molecule has 1 aliphatic heterocycles. The minimum atomic E-state index is -0.563. The van der Waals surface area contributed by atoms with Crippen LogP contribution in [-0.2, 0) is 22.6 Å². The van der Waals surface area contributed by atoms with Crippen molar-refractivity contribution < 1.29 is 18.7 Å². The highest BCUT2D eigenvalue weighted by Crippen LogP contribution is 2.29. The third-order valence-electron chi connectivity index (χ3n) is 6.47. The highest BCUT2D eigenvalue weighted by atomic mass is 19.1. The van der Waals surface area contributed by atoms with Crippen molar-refractivity contribution in [2.45, 2.75) is 33.0 Å². The molecule has 1 atom stereocenters. The average Bonchev–Trinajstić information content (AvgIpc) is 3.50. The summed E-state index contributed by atoms with van der Waals surface area (Å²) in [6.07, 6.45) is -1.04. The lowest BCUT2D eigenvalue weighted by Crippen LogP contribution is -2.33. The number of benzene rings is 3. The standard InChI is InChI=1S/C29H29FN6O3/c1-19-28(34-36(33-19)23-6-4-3-5-7-23)17-31-15-21-8-10-22(11-9-21)26-13-12-24(14-27(26)30)35-18-25(39-29(35)38)16-32-20(2)37/h3-14,25,31H,15-18H2,1-2H3,(H,32,37). The lowest BCUT2D eigenvalue weighted by molar-refractivity contribution is -0.119. The summed E-state index contributed by atoms with van der Waals surface area (Å²) in [6.45, 7) is 4.98. The molecule has 1 aromatic heterocycles. The second-order valence-electron chi connectivity index (χ2n) is 9.38. The number of carbonyl (C=O) groups excluding carboxylic acids is 2. The lowest BCUT2D eigenvalue weighted by Gasteiger charge is -2.15. The first-order valence-electron chi connectivity index (χ1n) is 12.7. The molecule has 2 N–H and O–H groups in total. The van der Waals surface area contributed by atoms with Crippen molar-refractivity contribution in [3.8, 4) is 16.8 Å². The van der Waals surface area contributed by atoms with E-state index in [0.29, 0.717) is 24.3 Å². The van der Waals surface area contributed by atoms with Gasteiger partial charge in [0.1, 0.15) is 11.9 Å². The van der Waals surface area contributed by atoms with Gasteiger partial charge < -0.3 is 15.4 Å². The molecule has 1 aliphatic rings. The van der Waals surface area contributed by atoms with Gasteiger partial charge in [-0.1, -0.05) is 42.5 Å². The molecule has 200 valence electrons. The number of para-hydroxylation sites is 1. The van der Waals surface area contributed by atoms with E-state index in [1.807, 2.05) is 61.5 Å². The van der Waals surface area contributed by atoms with Crippen molar-refractivity contribution >= 4 is 17.7 Å². The molecule has 0 radical (unpaired) electrons. The van der Waals surface area contributed by atoms with E-state index >= 15 is 4.39 Å². The summed E-state index contributed by atoms with van der Waals surface area (Å²) in [5, 5.41) is 15.1. The Balaban J connectivity index is 1.18. The molecule has 0 spiro atoms. The molecule has 2 heterocycles. The SMILES string of the molecule is CC(=O)NCC1CN(c2ccc(-c3ccc(CNCc4nn(-c5ccccc5)nc4C)cc3)c(F)c2)C(=O)O1. The second-order valence-corrected chi connectivity index (χ2v) is 9.38. The van der Waals surface area contributed by atoms with Gasteiger partial charge in [-0.05, 0) is 48.4 Å². The molecule has 1 saturated heterocycles. The van der Waals surface area contributed by atoms with Crippen LogP contribution in [0.3, 0.4) is 0 Å². The van der Waals surface area contributed by atoms with Gasteiger partial charge in [0.15, 0.2) is 0 Å². The third kappa shape index (κ3) is 6.12. The van der Waals surface area contributed by atoms with Crippen molar-refractivity contribution in [2.24, 2.45) is 0 Å². The number of aryl methyl sites for hydroxylation is 1. The van der Waals surface area contributed by atoms with Crippen LogP contribution in [0.5, 0.6) is 0 Å². The number of cyclic esters (lactones) is 1.